The first-order valence-corrected chi connectivity index (χ1v) is 7.10. The van der Waals surface area contributed by atoms with Crippen LogP contribution in [-0.4, -0.2) is 26.8 Å². The third kappa shape index (κ3) is 2.61. The van der Waals surface area contributed by atoms with E-state index < -0.39 is 5.97 Å². The molecule has 3 rings (SSSR count). The van der Waals surface area contributed by atoms with Gasteiger partial charge < -0.3 is 14.8 Å². The van der Waals surface area contributed by atoms with E-state index in [2.05, 4.69) is 10.4 Å². The molecule has 22 heavy (non-hydrogen) atoms. The molecule has 2 aromatic rings. The third-order valence-electron chi connectivity index (χ3n) is 3.82. The maximum absolute atomic E-state index is 12.3. The number of carboxylic acids is 1. The van der Waals surface area contributed by atoms with Crippen LogP contribution in [0.1, 0.15) is 56.7 Å². The van der Waals surface area contributed by atoms with Crippen LogP contribution in [0.25, 0.3) is 0 Å². The molecule has 0 atom stereocenters. The molecular formula is C15H17N3O4. The monoisotopic (exact) mass is 303 g/mol. The second-order valence-electron chi connectivity index (χ2n) is 5.51. The molecule has 0 bridgehead atoms. The number of aromatic nitrogens is 2. The lowest BCUT2D eigenvalue weighted by Crippen LogP contribution is -2.23. The molecule has 1 aliphatic rings. The molecule has 116 valence electrons. The van der Waals surface area contributed by atoms with Crippen molar-refractivity contribution in [3.63, 3.8) is 0 Å². The molecule has 0 spiro atoms. The molecule has 1 saturated carbocycles. The lowest BCUT2D eigenvalue weighted by molar-refractivity contribution is 0.0694. The first-order chi connectivity index (χ1) is 10.5. The average Bonchev–Trinajstić information content (AvgIpc) is 3.12. The van der Waals surface area contributed by atoms with Crippen molar-refractivity contribution in [2.24, 2.45) is 7.05 Å². The van der Waals surface area contributed by atoms with Crippen molar-refractivity contribution in [3.8, 4) is 0 Å². The zero-order valence-electron chi connectivity index (χ0n) is 12.4. The van der Waals surface area contributed by atoms with Crippen LogP contribution in [0.2, 0.25) is 0 Å². The maximum atomic E-state index is 12.3. The molecule has 1 amide bonds. The van der Waals surface area contributed by atoms with E-state index in [1.165, 1.54) is 6.07 Å². The summed E-state index contributed by atoms with van der Waals surface area (Å²) >= 11 is 0. The Labute approximate surface area is 126 Å². The van der Waals surface area contributed by atoms with Crippen LogP contribution in [0.3, 0.4) is 0 Å². The minimum Gasteiger partial charge on any atom is -0.478 e. The number of amides is 1. The highest BCUT2D eigenvalue weighted by atomic mass is 16.4. The predicted molar refractivity (Wildman–Crippen MR) is 76.8 cm³/mol. The molecule has 2 heterocycles. The fraction of sp³-hybridized carbons (Fsp3) is 0.400. The van der Waals surface area contributed by atoms with Crippen molar-refractivity contribution >= 4 is 11.9 Å². The minimum atomic E-state index is -1.04. The summed E-state index contributed by atoms with van der Waals surface area (Å²) in [5.41, 5.74) is 1.65. The Morgan fingerprint density at radius 1 is 1.45 bits per heavy atom. The van der Waals surface area contributed by atoms with Gasteiger partial charge in [0.25, 0.3) is 5.91 Å². The molecule has 7 heteroatoms. The Morgan fingerprint density at radius 2 is 2.18 bits per heavy atom. The summed E-state index contributed by atoms with van der Waals surface area (Å²) in [5, 5.41) is 15.9. The summed E-state index contributed by atoms with van der Waals surface area (Å²) in [5.74, 6) is -0.0994. The Morgan fingerprint density at radius 3 is 2.77 bits per heavy atom. The van der Waals surface area contributed by atoms with E-state index in [1.807, 2.05) is 7.05 Å². The molecule has 2 aromatic heterocycles. The molecule has 0 saturated heterocycles. The number of aryl methyl sites for hydroxylation is 2. The minimum absolute atomic E-state index is 0.115. The van der Waals surface area contributed by atoms with E-state index in [0.29, 0.717) is 23.0 Å². The van der Waals surface area contributed by atoms with Crippen LogP contribution >= 0.6 is 0 Å². The van der Waals surface area contributed by atoms with Crippen LogP contribution in [0, 0.1) is 6.92 Å². The van der Waals surface area contributed by atoms with Gasteiger partial charge in [-0.05, 0) is 25.8 Å². The Bertz CT molecular complexity index is 740. The molecule has 7 nitrogen and oxygen atoms in total. The summed E-state index contributed by atoms with van der Waals surface area (Å²) in [4.78, 5) is 23.3. The van der Waals surface area contributed by atoms with E-state index >= 15 is 0 Å². The Balaban J connectivity index is 1.70. The standard InChI is InChI=1S/C15H17N3O4/c1-8-11(15(20)21)5-10(22-8)6-16-14(19)12-7-17-18(2)13(12)9-3-4-9/h5,7,9H,3-4,6H2,1-2H3,(H,16,19)(H,20,21). The first kappa shape index (κ1) is 14.4. The highest BCUT2D eigenvalue weighted by Gasteiger charge is 2.31. The van der Waals surface area contributed by atoms with Crippen molar-refractivity contribution in [1.82, 2.24) is 15.1 Å². The van der Waals surface area contributed by atoms with Gasteiger partial charge in [-0.3, -0.25) is 9.48 Å². The molecule has 0 aromatic carbocycles. The van der Waals surface area contributed by atoms with Gasteiger partial charge in [-0.2, -0.15) is 5.10 Å². The van der Waals surface area contributed by atoms with Gasteiger partial charge in [0.1, 0.15) is 17.1 Å². The van der Waals surface area contributed by atoms with Gasteiger partial charge in [0, 0.05) is 13.0 Å². The van der Waals surface area contributed by atoms with Gasteiger partial charge in [0.15, 0.2) is 0 Å². The Kier molecular flexibility index (Phi) is 3.48. The lowest BCUT2D eigenvalue weighted by Gasteiger charge is -2.05. The number of rotatable bonds is 5. The highest BCUT2D eigenvalue weighted by Crippen LogP contribution is 2.41. The summed E-state index contributed by atoms with van der Waals surface area (Å²) in [6, 6.07) is 1.43. The molecule has 1 aliphatic carbocycles. The Hall–Kier alpha value is -2.57. The van der Waals surface area contributed by atoms with Gasteiger partial charge >= 0.3 is 5.97 Å². The van der Waals surface area contributed by atoms with Gasteiger partial charge in [-0.25, -0.2) is 4.79 Å². The van der Waals surface area contributed by atoms with Crippen LogP contribution < -0.4 is 5.32 Å². The molecule has 0 unspecified atom stereocenters. The van der Waals surface area contributed by atoms with E-state index in [-0.39, 0.29) is 18.0 Å². The number of aromatic carboxylic acids is 1. The largest absolute Gasteiger partial charge is 0.478 e. The third-order valence-corrected chi connectivity index (χ3v) is 3.82. The molecule has 2 N–H and O–H groups in total. The number of hydrogen-bond donors (Lipinski definition) is 2. The zero-order valence-corrected chi connectivity index (χ0v) is 12.4. The van der Waals surface area contributed by atoms with Gasteiger partial charge in [0.2, 0.25) is 0 Å². The van der Waals surface area contributed by atoms with Crippen LogP contribution in [0.15, 0.2) is 16.7 Å². The highest BCUT2D eigenvalue weighted by molar-refractivity contribution is 5.95. The fourth-order valence-corrected chi connectivity index (χ4v) is 2.57. The van der Waals surface area contributed by atoms with Gasteiger partial charge in [-0.15, -0.1) is 0 Å². The molecule has 1 fully saturated rings. The second-order valence-corrected chi connectivity index (χ2v) is 5.51. The number of carboxylic acid groups (broad SMARTS) is 1. The van der Waals surface area contributed by atoms with Crippen molar-refractivity contribution < 1.29 is 19.1 Å². The topological polar surface area (TPSA) is 97.4 Å². The molecule has 0 radical (unpaired) electrons. The number of carbonyl (C=O) groups is 2. The van der Waals surface area contributed by atoms with Crippen LogP contribution in [-0.2, 0) is 13.6 Å². The van der Waals surface area contributed by atoms with Crippen molar-refractivity contribution in [2.45, 2.75) is 32.2 Å². The maximum Gasteiger partial charge on any atom is 0.339 e. The van der Waals surface area contributed by atoms with Crippen molar-refractivity contribution in [3.05, 3.63) is 40.6 Å². The summed E-state index contributed by atoms with van der Waals surface area (Å²) in [7, 11) is 1.83. The predicted octanol–water partition coefficient (Wildman–Crippen LogP) is 1.83. The van der Waals surface area contributed by atoms with E-state index in [0.717, 1.165) is 18.5 Å². The fourth-order valence-electron chi connectivity index (χ4n) is 2.57. The SMILES string of the molecule is Cc1oc(CNC(=O)c2cnn(C)c2C2CC2)cc1C(=O)O. The number of nitrogens with zero attached hydrogens (tertiary/aromatic N) is 2. The first-order valence-electron chi connectivity index (χ1n) is 7.10. The number of carbonyl (C=O) groups excluding carboxylic acids is 1. The smallest absolute Gasteiger partial charge is 0.339 e. The van der Waals surface area contributed by atoms with E-state index in [4.69, 9.17) is 9.52 Å². The normalized spacial score (nSPS) is 14.1. The number of furan rings is 1. The summed E-state index contributed by atoms with van der Waals surface area (Å²) < 4.78 is 7.08. The molecule has 0 aliphatic heterocycles. The van der Waals surface area contributed by atoms with Crippen LogP contribution in [0.5, 0.6) is 0 Å². The second kappa shape index (κ2) is 5.32. The number of hydrogen-bond acceptors (Lipinski definition) is 4. The van der Waals surface area contributed by atoms with Gasteiger partial charge in [0.05, 0.1) is 24.0 Å². The summed E-state index contributed by atoms with van der Waals surface area (Å²) in [6.07, 6.45) is 3.73. The zero-order chi connectivity index (χ0) is 15.9. The van der Waals surface area contributed by atoms with E-state index in [1.54, 1.807) is 17.8 Å². The quantitative estimate of drug-likeness (QED) is 0.878. The summed E-state index contributed by atoms with van der Waals surface area (Å²) in [6.45, 7) is 1.73. The lowest BCUT2D eigenvalue weighted by atomic mass is 10.1. The van der Waals surface area contributed by atoms with Crippen molar-refractivity contribution in [1.29, 1.82) is 0 Å². The van der Waals surface area contributed by atoms with Crippen LogP contribution in [0.4, 0.5) is 0 Å². The van der Waals surface area contributed by atoms with Crippen molar-refractivity contribution in [2.75, 3.05) is 0 Å². The average molecular weight is 303 g/mol. The molecular weight excluding hydrogens is 286 g/mol. The number of nitrogens with one attached hydrogen (secondary N) is 1. The van der Waals surface area contributed by atoms with Gasteiger partial charge in [-0.1, -0.05) is 0 Å². The van der Waals surface area contributed by atoms with E-state index in [9.17, 15) is 9.59 Å².